The number of nitrogens with one attached hydrogen (secondary N) is 1. The Kier molecular flexibility index (Phi) is 7.07. The fraction of sp³-hybridized carbons (Fsp3) is 0.583. The molecule has 1 aromatic carbocycles. The van der Waals surface area contributed by atoms with Crippen molar-refractivity contribution in [2.75, 3.05) is 6.54 Å². The molecule has 1 N–H and O–H groups in total. The Morgan fingerprint density at radius 3 is 2.77 bits per heavy atom. The second-order valence-electron chi connectivity index (χ2n) is 9.69. The number of aryl methyl sites for hydroxylation is 2. The average Bonchev–Trinajstić information content (AvgIpc) is 3.02. The van der Waals surface area contributed by atoms with Crippen LogP contribution in [-0.4, -0.2) is 39.0 Å². The minimum absolute atomic E-state index is 0.171. The molecule has 168 valence electrons. The molecular formula is C24H32AsFN2O2S. The summed E-state index contributed by atoms with van der Waals surface area (Å²) in [5.41, 5.74) is 2.84. The zero-order valence-corrected chi connectivity index (χ0v) is 21.5. The number of thiazole rings is 1. The zero-order chi connectivity index (χ0) is 22.0. The van der Waals surface area contributed by atoms with Crippen LogP contribution < -0.4 is 9.11 Å². The van der Waals surface area contributed by atoms with Gasteiger partial charge in [-0.2, -0.15) is 0 Å². The minimum atomic E-state index is -0.453. The number of nitrogens with zero attached hydrogens (tertiary/aromatic N) is 1. The third kappa shape index (κ3) is 6.10. The zero-order valence-electron chi connectivity index (χ0n) is 18.6. The third-order valence-corrected chi connectivity index (χ3v) is 11.0. The van der Waals surface area contributed by atoms with Gasteiger partial charge in [0.05, 0.1) is 0 Å². The van der Waals surface area contributed by atoms with Crippen LogP contribution in [0.5, 0.6) is 0 Å². The SMILES string of the molecule is CC(C)(C)OC(=O)NCC1CCC([AsH]c2nc3c(s2)CCCc2ccc(F)cc2-3)CC1. The third-order valence-electron chi connectivity index (χ3n) is 5.98. The molecule has 0 saturated heterocycles. The Labute approximate surface area is 195 Å². The van der Waals surface area contributed by atoms with Gasteiger partial charge in [-0.1, -0.05) is 0 Å². The maximum atomic E-state index is 13.9. The fourth-order valence-corrected chi connectivity index (χ4v) is 9.80. The Morgan fingerprint density at radius 1 is 1.26 bits per heavy atom. The monoisotopic (exact) mass is 506 g/mol. The van der Waals surface area contributed by atoms with Gasteiger partial charge in [-0.3, -0.25) is 0 Å². The number of aromatic nitrogens is 1. The first-order valence-corrected chi connectivity index (χ1v) is 14.4. The fourth-order valence-electron chi connectivity index (χ4n) is 4.45. The van der Waals surface area contributed by atoms with E-state index in [1.54, 1.807) is 12.1 Å². The molecule has 2 aliphatic carbocycles. The van der Waals surface area contributed by atoms with Crippen molar-refractivity contribution in [2.45, 2.75) is 76.0 Å². The van der Waals surface area contributed by atoms with Crippen molar-refractivity contribution in [3.05, 3.63) is 34.5 Å². The van der Waals surface area contributed by atoms with E-state index in [9.17, 15) is 9.18 Å². The number of carbonyl (C=O) groups is 1. The molecule has 31 heavy (non-hydrogen) atoms. The summed E-state index contributed by atoms with van der Waals surface area (Å²) in [6.07, 6.45) is 7.61. The van der Waals surface area contributed by atoms with Crippen LogP contribution in [0.1, 0.15) is 63.3 Å². The summed E-state index contributed by atoms with van der Waals surface area (Å²) in [5, 5.41) is 2.93. The topological polar surface area (TPSA) is 51.2 Å². The number of ether oxygens (including phenoxy) is 1. The summed E-state index contributed by atoms with van der Waals surface area (Å²) in [4.78, 5) is 18.3. The molecule has 1 heterocycles. The quantitative estimate of drug-likeness (QED) is 0.594. The van der Waals surface area contributed by atoms with E-state index in [-0.39, 0.29) is 27.7 Å². The van der Waals surface area contributed by atoms with Crippen molar-refractivity contribution < 1.29 is 13.9 Å². The second-order valence-corrected chi connectivity index (χ2v) is 14.8. The van der Waals surface area contributed by atoms with Gasteiger partial charge in [0.2, 0.25) is 0 Å². The molecule has 2 aromatic rings. The normalized spacial score (nSPS) is 21.4. The van der Waals surface area contributed by atoms with Crippen LogP contribution in [0.15, 0.2) is 18.2 Å². The number of rotatable bonds is 4. The number of fused-ring (bicyclic) bond motifs is 3. The molecule has 0 bridgehead atoms. The van der Waals surface area contributed by atoms with Gasteiger partial charge in [-0.15, -0.1) is 0 Å². The van der Waals surface area contributed by atoms with Gasteiger partial charge in [0, 0.05) is 0 Å². The van der Waals surface area contributed by atoms with E-state index in [0.29, 0.717) is 12.5 Å². The summed E-state index contributed by atoms with van der Waals surface area (Å²) >= 11 is 1.58. The summed E-state index contributed by atoms with van der Waals surface area (Å²) in [5.74, 6) is 0.369. The van der Waals surface area contributed by atoms with E-state index in [1.807, 2.05) is 38.2 Å². The number of carbonyl (C=O) groups excluding carboxylic acids is 1. The van der Waals surface area contributed by atoms with Crippen molar-refractivity contribution in [3.63, 3.8) is 0 Å². The molecule has 1 amide bonds. The molecular weight excluding hydrogens is 474 g/mol. The molecule has 1 fully saturated rings. The summed E-state index contributed by atoms with van der Waals surface area (Å²) in [6, 6.07) is 5.18. The van der Waals surface area contributed by atoms with Gasteiger partial charge in [-0.05, 0) is 0 Å². The summed E-state index contributed by atoms with van der Waals surface area (Å²) in [6.45, 7) is 6.36. The first-order chi connectivity index (χ1) is 14.8. The molecule has 2 aliphatic rings. The maximum absolute atomic E-state index is 13.9. The number of halogens is 1. The molecule has 1 saturated carbocycles. The first-order valence-electron chi connectivity index (χ1n) is 11.3. The van der Waals surface area contributed by atoms with E-state index < -0.39 is 5.60 Å². The molecule has 7 heteroatoms. The van der Waals surface area contributed by atoms with Crippen LogP contribution in [-0.2, 0) is 17.6 Å². The Hall–Kier alpha value is -1.39. The molecule has 4 rings (SSSR count). The van der Waals surface area contributed by atoms with Crippen molar-refractivity contribution in [3.8, 4) is 11.3 Å². The first kappa shape index (κ1) is 22.8. The number of alkyl carbamates (subject to hydrolysis) is 1. The summed E-state index contributed by atoms with van der Waals surface area (Å²) in [7, 11) is 0. The van der Waals surface area contributed by atoms with Crippen LogP contribution in [0, 0.1) is 11.7 Å². The van der Waals surface area contributed by atoms with E-state index in [2.05, 4.69) is 5.32 Å². The van der Waals surface area contributed by atoms with Gasteiger partial charge < -0.3 is 0 Å². The van der Waals surface area contributed by atoms with E-state index in [1.165, 1.54) is 27.1 Å². The van der Waals surface area contributed by atoms with Crippen molar-refractivity contribution >= 4 is 37.0 Å². The molecule has 0 radical (unpaired) electrons. The van der Waals surface area contributed by atoms with Crippen LogP contribution in [0.4, 0.5) is 9.18 Å². The van der Waals surface area contributed by atoms with E-state index >= 15 is 0 Å². The second kappa shape index (κ2) is 9.62. The molecule has 1 atom stereocenters. The Bertz CT molecular complexity index is 932. The van der Waals surface area contributed by atoms with Gasteiger partial charge >= 0.3 is 195 Å². The van der Waals surface area contributed by atoms with Crippen molar-refractivity contribution in [1.82, 2.24) is 10.3 Å². The molecule has 0 aliphatic heterocycles. The predicted molar refractivity (Wildman–Crippen MR) is 126 cm³/mol. The Balaban J connectivity index is 1.31. The van der Waals surface area contributed by atoms with Crippen LogP contribution in [0.25, 0.3) is 11.3 Å². The van der Waals surface area contributed by atoms with Crippen LogP contribution in [0.3, 0.4) is 0 Å². The number of hydrogen-bond acceptors (Lipinski definition) is 4. The number of amides is 1. The van der Waals surface area contributed by atoms with Gasteiger partial charge in [0.25, 0.3) is 0 Å². The van der Waals surface area contributed by atoms with Gasteiger partial charge in [0.1, 0.15) is 0 Å². The molecule has 1 aromatic heterocycles. The van der Waals surface area contributed by atoms with E-state index in [4.69, 9.17) is 9.72 Å². The van der Waals surface area contributed by atoms with Crippen molar-refractivity contribution in [2.24, 2.45) is 5.92 Å². The average molecular weight is 507 g/mol. The van der Waals surface area contributed by atoms with Crippen LogP contribution in [0.2, 0.25) is 4.71 Å². The number of hydrogen-bond donors (Lipinski definition) is 1. The number of benzene rings is 1. The van der Waals surface area contributed by atoms with E-state index in [0.717, 1.165) is 48.1 Å². The molecule has 4 nitrogen and oxygen atoms in total. The molecule has 1 unspecified atom stereocenters. The van der Waals surface area contributed by atoms with Gasteiger partial charge in [-0.25, -0.2) is 0 Å². The summed E-state index contributed by atoms with van der Waals surface area (Å²) < 4.78 is 21.3. The standard InChI is InChI=1S/C24H32AsFN2O2S/c1-24(2,3)30-23(29)27-14-15-7-10-17(11-8-15)25-22-28-21-19-13-18(26)12-9-16(19)5-4-6-20(21)31-22/h9,12-13,15,17,25H,4-8,10-11,14H2,1-3H3,(H,27,29). The Morgan fingerprint density at radius 2 is 2.03 bits per heavy atom. The van der Waals surface area contributed by atoms with Crippen molar-refractivity contribution in [1.29, 1.82) is 0 Å². The van der Waals surface area contributed by atoms with Crippen LogP contribution >= 0.6 is 11.3 Å². The predicted octanol–water partition coefficient (Wildman–Crippen LogP) is 5.00. The van der Waals surface area contributed by atoms with Gasteiger partial charge in [0.15, 0.2) is 0 Å². The molecule has 0 spiro atoms.